The van der Waals surface area contributed by atoms with Crippen molar-refractivity contribution >= 4 is 16.7 Å². The number of benzene rings is 1. The lowest BCUT2D eigenvalue weighted by Crippen LogP contribution is -2.02. The minimum Gasteiger partial charge on any atom is -0.293 e. The van der Waals surface area contributed by atoms with Crippen molar-refractivity contribution in [3.63, 3.8) is 0 Å². The second-order valence-corrected chi connectivity index (χ2v) is 5.36. The minimum atomic E-state index is -0.281. The molecule has 3 rings (SSSR count). The summed E-state index contributed by atoms with van der Waals surface area (Å²) in [6, 6.07) is 10.0. The van der Waals surface area contributed by atoms with Crippen molar-refractivity contribution in [3.8, 4) is 11.1 Å². The summed E-state index contributed by atoms with van der Waals surface area (Å²) in [5, 5.41) is 0.725. The third kappa shape index (κ3) is 2.48. The fourth-order valence-electron chi connectivity index (χ4n) is 2.58. The lowest BCUT2D eigenvalue weighted by Gasteiger charge is -2.10. The standard InChI is InChI=1S/C18H15FN2O/c1-10-8-17-16(18(20-10)12(3)22)9-15(11(2)21-17)13-4-6-14(19)7-5-13/h4-9H,1-3H3. The first-order chi connectivity index (χ1) is 10.5. The fraction of sp³-hybridized carbons (Fsp3) is 0.167. The van der Waals surface area contributed by atoms with Crippen LogP contribution in [-0.2, 0) is 0 Å². The minimum absolute atomic E-state index is 0.0931. The number of pyridine rings is 2. The topological polar surface area (TPSA) is 42.9 Å². The van der Waals surface area contributed by atoms with Crippen molar-refractivity contribution in [2.75, 3.05) is 0 Å². The van der Waals surface area contributed by atoms with Gasteiger partial charge < -0.3 is 0 Å². The normalized spacial score (nSPS) is 10.9. The molecular formula is C18H15FN2O. The zero-order valence-corrected chi connectivity index (χ0v) is 12.6. The number of aromatic nitrogens is 2. The van der Waals surface area contributed by atoms with Crippen molar-refractivity contribution in [3.05, 3.63) is 59.3 Å². The second-order valence-electron chi connectivity index (χ2n) is 5.36. The molecule has 0 atom stereocenters. The number of nitrogens with zero attached hydrogens (tertiary/aromatic N) is 2. The highest BCUT2D eigenvalue weighted by Crippen LogP contribution is 2.28. The Bertz CT molecular complexity index is 886. The maximum Gasteiger partial charge on any atom is 0.178 e. The number of ketones is 1. The van der Waals surface area contributed by atoms with Crippen LogP contribution in [0.5, 0.6) is 0 Å². The number of halogens is 1. The zero-order chi connectivity index (χ0) is 15.9. The molecule has 3 aromatic rings. The van der Waals surface area contributed by atoms with E-state index in [2.05, 4.69) is 9.97 Å². The fourth-order valence-corrected chi connectivity index (χ4v) is 2.58. The van der Waals surface area contributed by atoms with Crippen LogP contribution in [0.1, 0.15) is 28.8 Å². The van der Waals surface area contributed by atoms with E-state index in [9.17, 15) is 9.18 Å². The molecule has 22 heavy (non-hydrogen) atoms. The van der Waals surface area contributed by atoms with Gasteiger partial charge in [0.2, 0.25) is 0 Å². The third-order valence-corrected chi connectivity index (χ3v) is 3.62. The zero-order valence-electron chi connectivity index (χ0n) is 12.6. The van der Waals surface area contributed by atoms with Gasteiger partial charge in [0.05, 0.1) is 5.52 Å². The number of rotatable bonds is 2. The van der Waals surface area contributed by atoms with Crippen molar-refractivity contribution in [2.45, 2.75) is 20.8 Å². The van der Waals surface area contributed by atoms with Crippen LogP contribution in [0.3, 0.4) is 0 Å². The van der Waals surface area contributed by atoms with Crippen LogP contribution in [0.4, 0.5) is 4.39 Å². The van der Waals surface area contributed by atoms with Crippen LogP contribution < -0.4 is 0 Å². The highest BCUT2D eigenvalue weighted by molar-refractivity contribution is 6.05. The molecule has 0 saturated heterocycles. The van der Waals surface area contributed by atoms with Gasteiger partial charge in [0, 0.05) is 29.3 Å². The molecule has 0 saturated carbocycles. The smallest absolute Gasteiger partial charge is 0.178 e. The van der Waals surface area contributed by atoms with Gasteiger partial charge in [0.25, 0.3) is 0 Å². The number of hydrogen-bond donors (Lipinski definition) is 0. The quantitative estimate of drug-likeness (QED) is 0.663. The highest BCUT2D eigenvalue weighted by atomic mass is 19.1. The van der Waals surface area contributed by atoms with Gasteiger partial charge in [-0.3, -0.25) is 9.78 Å². The van der Waals surface area contributed by atoms with Crippen LogP contribution in [0, 0.1) is 19.7 Å². The molecule has 0 amide bonds. The number of fused-ring (bicyclic) bond motifs is 1. The van der Waals surface area contributed by atoms with Crippen molar-refractivity contribution in [1.29, 1.82) is 0 Å². The van der Waals surface area contributed by atoms with Crippen LogP contribution in [0.15, 0.2) is 36.4 Å². The van der Waals surface area contributed by atoms with Crippen molar-refractivity contribution in [2.24, 2.45) is 0 Å². The summed E-state index contributed by atoms with van der Waals surface area (Å²) in [7, 11) is 0. The van der Waals surface area contributed by atoms with Gasteiger partial charge in [-0.05, 0) is 43.7 Å². The predicted octanol–water partition coefficient (Wildman–Crippen LogP) is 4.26. The maximum absolute atomic E-state index is 13.1. The molecule has 2 aromatic heterocycles. The first-order valence-electron chi connectivity index (χ1n) is 7.01. The Morgan fingerprint density at radius 1 is 1.05 bits per heavy atom. The molecule has 0 fully saturated rings. The van der Waals surface area contributed by atoms with E-state index in [4.69, 9.17) is 0 Å². The van der Waals surface area contributed by atoms with Gasteiger partial charge in [-0.15, -0.1) is 0 Å². The van der Waals surface area contributed by atoms with E-state index in [1.807, 2.05) is 26.0 Å². The number of carbonyl (C=O) groups excluding carboxylic acids is 1. The molecule has 0 spiro atoms. The first kappa shape index (κ1) is 14.3. The molecule has 110 valence electrons. The van der Waals surface area contributed by atoms with E-state index in [1.165, 1.54) is 19.1 Å². The Morgan fingerprint density at radius 3 is 2.36 bits per heavy atom. The summed E-state index contributed by atoms with van der Waals surface area (Å²) >= 11 is 0. The molecule has 0 aliphatic rings. The SMILES string of the molecule is CC(=O)c1nc(C)cc2nc(C)c(-c3ccc(F)cc3)cc12. The highest BCUT2D eigenvalue weighted by Gasteiger charge is 2.13. The summed E-state index contributed by atoms with van der Waals surface area (Å²) in [5.74, 6) is -0.374. The molecule has 0 N–H and O–H groups in total. The second kappa shape index (κ2) is 5.30. The molecule has 0 bridgehead atoms. The lowest BCUT2D eigenvalue weighted by molar-refractivity contribution is 0.101. The van der Waals surface area contributed by atoms with Crippen LogP contribution in [0.25, 0.3) is 22.0 Å². The number of aryl methyl sites for hydroxylation is 2. The molecular weight excluding hydrogens is 279 g/mol. The van der Waals surface area contributed by atoms with E-state index in [1.54, 1.807) is 12.1 Å². The molecule has 0 unspecified atom stereocenters. The summed E-state index contributed by atoms with van der Waals surface area (Å²) in [4.78, 5) is 20.8. The largest absolute Gasteiger partial charge is 0.293 e. The Labute approximate surface area is 127 Å². The Balaban J connectivity index is 2.31. The monoisotopic (exact) mass is 294 g/mol. The van der Waals surface area contributed by atoms with E-state index >= 15 is 0 Å². The number of carbonyl (C=O) groups is 1. The summed E-state index contributed by atoms with van der Waals surface area (Å²) in [6.45, 7) is 5.25. The summed E-state index contributed by atoms with van der Waals surface area (Å²) in [5.41, 5.74) is 4.51. The Hall–Kier alpha value is -2.62. The molecule has 4 heteroatoms. The predicted molar refractivity (Wildman–Crippen MR) is 84.4 cm³/mol. The van der Waals surface area contributed by atoms with Crippen molar-refractivity contribution < 1.29 is 9.18 Å². The third-order valence-electron chi connectivity index (χ3n) is 3.62. The Morgan fingerprint density at radius 2 is 1.73 bits per heavy atom. The van der Waals surface area contributed by atoms with Gasteiger partial charge in [-0.1, -0.05) is 12.1 Å². The van der Waals surface area contributed by atoms with Crippen molar-refractivity contribution in [1.82, 2.24) is 9.97 Å². The van der Waals surface area contributed by atoms with E-state index in [-0.39, 0.29) is 11.6 Å². The lowest BCUT2D eigenvalue weighted by atomic mass is 10.0. The average molecular weight is 294 g/mol. The van der Waals surface area contributed by atoms with Gasteiger partial charge >= 0.3 is 0 Å². The maximum atomic E-state index is 13.1. The van der Waals surface area contributed by atoms with Gasteiger partial charge in [0.15, 0.2) is 5.78 Å². The summed E-state index contributed by atoms with van der Waals surface area (Å²) < 4.78 is 13.1. The first-order valence-corrected chi connectivity index (χ1v) is 7.01. The molecule has 0 aliphatic carbocycles. The number of hydrogen-bond acceptors (Lipinski definition) is 3. The molecule has 2 heterocycles. The van der Waals surface area contributed by atoms with Gasteiger partial charge in [0.1, 0.15) is 11.5 Å². The average Bonchev–Trinajstić information content (AvgIpc) is 2.46. The van der Waals surface area contributed by atoms with Gasteiger partial charge in [-0.2, -0.15) is 0 Å². The van der Waals surface area contributed by atoms with Crippen LogP contribution >= 0.6 is 0 Å². The Kier molecular flexibility index (Phi) is 3.45. The van der Waals surface area contributed by atoms with E-state index in [0.29, 0.717) is 5.69 Å². The molecule has 1 aromatic carbocycles. The van der Waals surface area contributed by atoms with Crippen LogP contribution in [0.2, 0.25) is 0 Å². The number of Topliss-reactive ketones (excluding diaryl/α,β-unsaturated/α-hetero) is 1. The molecule has 3 nitrogen and oxygen atoms in total. The van der Waals surface area contributed by atoms with E-state index in [0.717, 1.165) is 33.4 Å². The van der Waals surface area contributed by atoms with E-state index < -0.39 is 0 Å². The molecule has 0 radical (unpaired) electrons. The molecule has 0 aliphatic heterocycles. The van der Waals surface area contributed by atoms with Gasteiger partial charge in [-0.25, -0.2) is 9.37 Å². The van der Waals surface area contributed by atoms with Crippen LogP contribution in [-0.4, -0.2) is 15.8 Å². The summed E-state index contributed by atoms with van der Waals surface area (Å²) in [6.07, 6.45) is 0.